The largest absolute Gasteiger partial charge is 0.339 e. The minimum Gasteiger partial charge on any atom is -0.339 e. The molecule has 25 heavy (non-hydrogen) atoms. The average molecular weight is 362 g/mol. The number of benzene rings is 1. The van der Waals surface area contributed by atoms with Crippen LogP contribution in [0.3, 0.4) is 0 Å². The molecule has 0 saturated carbocycles. The summed E-state index contributed by atoms with van der Waals surface area (Å²) in [7, 11) is -3.26. The van der Waals surface area contributed by atoms with Crippen LogP contribution in [0.1, 0.15) is 48.9 Å². The lowest BCUT2D eigenvalue weighted by Crippen LogP contribution is -2.37. The van der Waals surface area contributed by atoms with Gasteiger partial charge in [-0.05, 0) is 43.4 Å². The van der Waals surface area contributed by atoms with Crippen molar-refractivity contribution in [1.29, 1.82) is 0 Å². The molecule has 2 aromatic rings. The number of aromatic nitrogens is 2. The number of nitrogens with one attached hydrogen (secondary N) is 2. The van der Waals surface area contributed by atoms with E-state index in [0.29, 0.717) is 35.9 Å². The Labute approximate surface area is 147 Å². The van der Waals surface area contributed by atoms with Crippen LogP contribution in [0.25, 0.3) is 0 Å². The fraction of sp³-hybridized carbons (Fsp3) is 0.529. The minimum absolute atomic E-state index is 0.362. The third kappa shape index (κ3) is 4.01. The van der Waals surface area contributed by atoms with Gasteiger partial charge in [0.25, 0.3) is 0 Å². The first-order chi connectivity index (χ1) is 11.9. The first-order valence-corrected chi connectivity index (χ1v) is 10.5. The van der Waals surface area contributed by atoms with Gasteiger partial charge >= 0.3 is 0 Å². The van der Waals surface area contributed by atoms with Crippen molar-refractivity contribution in [3.63, 3.8) is 0 Å². The summed E-state index contributed by atoms with van der Waals surface area (Å²) in [5, 5.41) is 7.74. The molecule has 1 aromatic heterocycles. The molecule has 2 saturated heterocycles. The van der Waals surface area contributed by atoms with Gasteiger partial charge in [-0.1, -0.05) is 17.3 Å². The van der Waals surface area contributed by atoms with Crippen molar-refractivity contribution in [2.24, 2.45) is 0 Å². The first-order valence-electron chi connectivity index (χ1n) is 8.60. The fourth-order valence-corrected chi connectivity index (χ4v) is 4.42. The number of piperidine rings is 1. The second-order valence-corrected chi connectivity index (χ2v) is 8.85. The predicted octanol–water partition coefficient (Wildman–Crippen LogP) is 2.03. The summed E-state index contributed by atoms with van der Waals surface area (Å²) in [6.07, 6.45) is 6.34. The van der Waals surface area contributed by atoms with E-state index in [1.54, 1.807) is 12.1 Å². The summed E-state index contributed by atoms with van der Waals surface area (Å²) in [4.78, 5) is 4.59. The predicted molar refractivity (Wildman–Crippen MR) is 93.9 cm³/mol. The van der Waals surface area contributed by atoms with Gasteiger partial charge in [-0.25, -0.2) is 8.42 Å². The zero-order valence-corrected chi connectivity index (χ0v) is 14.9. The molecule has 2 fully saturated rings. The van der Waals surface area contributed by atoms with Gasteiger partial charge in [0.2, 0.25) is 15.9 Å². The molecule has 0 amide bonds. The highest BCUT2D eigenvalue weighted by atomic mass is 32.2. The maximum Gasteiger partial charge on any atom is 0.229 e. The van der Waals surface area contributed by atoms with Crippen LogP contribution in [0.5, 0.6) is 0 Å². The van der Waals surface area contributed by atoms with Gasteiger partial charge in [0.05, 0.1) is 6.26 Å². The normalized spacial score (nSPS) is 25.9. The Morgan fingerprint density at radius 3 is 2.52 bits per heavy atom. The van der Waals surface area contributed by atoms with Crippen molar-refractivity contribution in [2.75, 3.05) is 11.0 Å². The Morgan fingerprint density at radius 1 is 1.20 bits per heavy atom. The van der Waals surface area contributed by atoms with Crippen molar-refractivity contribution in [2.45, 2.75) is 50.1 Å². The van der Waals surface area contributed by atoms with E-state index in [1.807, 2.05) is 12.1 Å². The molecular formula is C17H22N4O3S. The molecule has 0 aliphatic carbocycles. The van der Waals surface area contributed by atoms with Gasteiger partial charge in [-0.2, -0.15) is 4.98 Å². The molecule has 0 radical (unpaired) electrons. The second-order valence-electron chi connectivity index (χ2n) is 7.10. The first kappa shape index (κ1) is 16.5. The van der Waals surface area contributed by atoms with E-state index in [9.17, 15) is 8.42 Å². The number of sulfonamides is 1. The molecule has 3 atom stereocenters. The molecule has 1 unspecified atom stereocenters. The molecule has 1 aromatic carbocycles. The van der Waals surface area contributed by atoms with Crippen molar-refractivity contribution in [1.82, 2.24) is 15.5 Å². The van der Waals surface area contributed by atoms with E-state index in [4.69, 9.17) is 4.52 Å². The molecule has 2 aliphatic rings. The number of nitrogens with zero attached hydrogens (tertiary/aromatic N) is 2. The van der Waals surface area contributed by atoms with Crippen LogP contribution in [0.15, 0.2) is 28.8 Å². The summed E-state index contributed by atoms with van der Waals surface area (Å²) in [5.74, 6) is 1.79. The van der Waals surface area contributed by atoms with E-state index < -0.39 is 10.0 Å². The molecule has 134 valence electrons. The van der Waals surface area contributed by atoms with Gasteiger partial charge in [0.1, 0.15) is 0 Å². The lowest BCUT2D eigenvalue weighted by Gasteiger charge is -2.26. The van der Waals surface area contributed by atoms with Gasteiger partial charge in [-0.3, -0.25) is 4.72 Å². The highest BCUT2D eigenvalue weighted by molar-refractivity contribution is 7.92. The van der Waals surface area contributed by atoms with Crippen LogP contribution >= 0.6 is 0 Å². The molecule has 2 aliphatic heterocycles. The van der Waals surface area contributed by atoms with Crippen molar-refractivity contribution in [3.05, 3.63) is 41.5 Å². The number of fused-ring (bicyclic) bond motifs is 2. The van der Waals surface area contributed by atoms with Gasteiger partial charge in [0.15, 0.2) is 5.82 Å². The number of rotatable bonds is 5. The van der Waals surface area contributed by atoms with E-state index >= 15 is 0 Å². The van der Waals surface area contributed by atoms with Crippen LogP contribution < -0.4 is 10.0 Å². The molecule has 2 N–H and O–H groups in total. The highest BCUT2D eigenvalue weighted by Crippen LogP contribution is 2.36. The third-order valence-electron chi connectivity index (χ3n) is 4.93. The van der Waals surface area contributed by atoms with Crippen LogP contribution in [0.4, 0.5) is 5.69 Å². The Morgan fingerprint density at radius 2 is 1.88 bits per heavy atom. The van der Waals surface area contributed by atoms with E-state index in [1.165, 1.54) is 12.8 Å². The lowest BCUT2D eigenvalue weighted by atomic mass is 9.92. The van der Waals surface area contributed by atoms with Crippen molar-refractivity contribution < 1.29 is 12.9 Å². The highest BCUT2D eigenvalue weighted by Gasteiger charge is 2.36. The summed E-state index contributed by atoms with van der Waals surface area (Å²) in [6.45, 7) is 0. The summed E-state index contributed by atoms with van der Waals surface area (Å²) in [6, 6.07) is 8.40. The molecule has 3 heterocycles. The lowest BCUT2D eigenvalue weighted by molar-refractivity contribution is 0.286. The third-order valence-corrected chi connectivity index (χ3v) is 5.53. The van der Waals surface area contributed by atoms with Gasteiger partial charge < -0.3 is 9.84 Å². The topological polar surface area (TPSA) is 97.1 Å². The van der Waals surface area contributed by atoms with Crippen molar-refractivity contribution in [3.8, 4) is 0 Å². The molecular weight excluding hydrogens is 340 g/mol. The Hall–Kier alpha value is -1.93. The SMILES string of the molecule is CS(=O)(=O)Nc1ccc(Cc2noc(C3C[C@H]4CC[C@@H](C3)N4)n2)cc1. The number of hydrogen-bond donors (Lipinski definition) is 2. The van der Waals surface area contributed by atoms with E-state index in [2.05, 4.69) is 20.2 Å². The number of anilines is 1. The van der Waals surface area contributed by atoms with Gasteiger partial charge in [0, 0.05) is 30.1 Å². The average Bonchev–Trinajstić information content (AvgIpc) is 3.14. The second kappa shape index (κ2) is 6.42. The molecule has 4 rings (SSSR count). The summed E-state index contributed by atoms with van der Waals surface area (Å²) < 4.78 is 30.4. The van der Waals surface area contributed by atoms with E-state index in [-0.39, 0.29) is 0 Å². The van der Waals surface area contributed by atoms with Crippen LogP contribution in [-0.2, 0) is 16.4 Å². The zero-order valence-electron chi connectivity index (χ0n) is 14.1. The smallest absolute Gasteiger partial charge is 0.229 e. The summed E-state index contributed by atoms with van der Waals surface area (Å²) in [5.41, 5.74) is 1.56. The standard InChI is InChI=1S/C17H22N4O3S/c1-25(22,23)21-13-4-2-11(3-5-13)8-16-19-17(24-20-16)12-9-14-6-7-15(10-12)18-14/h2-5,12,14-15,18,21H,6-10H2,1H3/t12?,14-,15+. The monoisotopic (exact) mass is 362 g/mol. The van der Waals surface area contributed by atoms with Crippen LogP contribution in [-0.4, -0.2) is 36.9 Å². The van der Waals surface area contributed by atoms with Crippen LogP contribution in [0, 0.1) is 0 Å². The maximum absolute atomic E-state index is 11.2. The van der Waals surface area contributed by atoms with E-state index in [0.717, 1.165) is 30.6 Å². The van der Waals surface area contributed by atoms with Crippen LogP contribution in [0.2, 0.25) is 0 Å². The maximum atomic E-state index is 11.2. The zero-order chi connectivity index (χ0) is 17.4. The Kier molecular flexibility index (Phi) is 4.24. The fourth-order valence-electron chi connectivity index (χ4n) is 3.85. The Balaban J connectivity index is 1.41. The van der Waals surface area contributed by atoms with Crippen molar-refractivity contribution >= 4 is 15.7 Å². The van der Waals surface area contributed by atoms with Gasteiger partial charge in [-0.15, -0.1) is 0 Å². The molecule has 7 nitrogen and oxygen atoms in total. The Bertz CT molecular complexity index is 835. The molecule has 2 bridgehead atoms. The number of hydrogen-bond acceptors (Lipinski definition) is 6. The minimum atomic E-state index is -3.26. The quantitative estimate of drug-likeness (QED) is 0.845. The molecule has 8 heteroatoms. The molecule has 0 spiro atoms. The summed E-state index contributed by atoms with van der Waals surface area (Å²) >= 11 is 0.